The number of carbonyl (C=O) groups excluding carboxylic acids is 3. The van der Waals surface area contributed by atoms with E-state index in [1.54, 1.807) is 38.6 Å². The van der Waals surface area contributed by atoms with E-state index in [-0.39, 0.29) is 37.5 Å². The minimum Gasteiger partial charge on any atom is -0.396 e. The normalized spacial score (nSPS) is 27.1. The molecule has 0 radical (unpaired) electrons. The number of hydrogen-bond acceptors (Lipinski definition) is 7. The number of aliphatic hydroxyl groups excluding tert-OH is 1. The van der Waals surface area contributed by atoms with E-state index >= 15 is 0 Å². The molecule has 0 aliphatic carbocycles. The van der Waals surface area contributed by atoms with Gasteiger partial charge in [0, 0.05) is 33.3 Å². The fraction of sp³-hybridized carbons (Fsp3) is 0.536. The third-order valence-corrected chi connectivity index (χ3v) is 8.29. The Balaban J connectivity index is 1.50. The Kier molecular flexibility index (Phi) is 7.55. The Morgan fingerprint density at radius 1 is 1.21 bits per heavy atom. The first-order valence-electron chi connectivity index (χ1n) is 13.5. The average Bonchev–Trinajstić information content (AvgIpc) is 3.68. The van der Waals surface area contributed by atoms with Gasteiger partial charge < -0.3 is 24.5 Å². The SMILES string of the molecule is C=CCN(C)C(=O)[C@@H]1[C@@H]2CCC3(O2)C(C(=O)N(CC=C)Cn2nnc4ccccc42)N(CCCCO)C(=O)[C@H]13. The molecular formula is C28H36N6O5. The number of unbranched alkanes of at least 4 members (excludes halogenated alkanes) is 1. The van der Waals surface area contributed by atoms with Crippen LogP contribution in [0.25, 0.3) is 11.0 Å². The van der Waals surface area contributed by atoms with Crippen molar-refractivity contribution in [3.05, 3.63) is 49.6 Å². The number of amides is 3. The quantitative estimate of drug-likeness (QED) is 0.320. The Hall–Kier alpha value is -3.57. The molecular weight excluding hydrogens is 500 g/mol. The third kappa shape index (κ3) is 4.43. The van der Waals surface area contributed by atoms with Crippen molar-refractivity contribution >= 4 is 28.8 Å². The number of ether oxygens (including phenoxy) is 1. The summed E-state index contributed by atoms with van der Waals surface area (Å²) in [5, 5.41) is 17.8. The highest BCUT2D eigenvalue weighted by Gasteiger charge is 2.74. The van der Waals surface area contributed by atoms with Gasteiger partial charge in [-0.3, -0.25) is 14.4 Å². The molecule has 208 valence electrons. The maximum Gasteiger partial charge on any atom is 0.250 e. The molecule has 5 atom stereocenters. The van der Waals surface area contributed by atoms with Crippen LogP contribution < -0.4 is 0 Å². The van der Waals surface area contributed by atoms with Crippen molar-refractivity contribution < 1.29 is 24.2 Å². The molecule has 3 aliphatic heterocycles. The van der Waals surface area contributed by atoms with Gasteiger partial charge in [0.2, 0.25) is 17.7 Å². The summed E-state index contributed by atoms with van der Waals surface area (Å²) in [6.07, 6.45) is 5.02. The molecule has 2 aromatic rings. The summed E-state index contributed by atoms with van der Waals surface area (Å²) in [6.45, 7) is 8.56. The maximum atomic E-state index is 14.4. The maximum absolute atomic E-state index is 14.4. The molecule has 3 aliphatic rings. The summed E-state index contributed by atoms with van der Waals surface area (Å²) in [5.41, 5.74) is 0.412. The van der Waals surface area contributed by atoms with Gasteiger partial charge in [0.15, 0.2) is 0 Å². The zero-order chi connectivity index (χ0) is 27.7. The molecule has 2 bridgehead atoms. The van der Waals surface area contributed by atoms with Crippen molar-refractivity contribution in [3.8, 4) is 0 Å². The van der Waals surface area contributed by atoms with Gasteiger partial charge in [-0.25, -0.2) is 4.68 Å². The number of carbonyl (C=O) groups is 3. The molecule has 4 heterocycles. The summed E-state index contributed by atoms with van der Waals surface area (Å²) in [7, 11) is 1.69. The summed E-state index contributed by atoms with van der Waals surface area (Å²) >= 11 is 0. The topological polar surface area (TPSA) is 121 Å². The molecule has 1 spiro atoms. The summed E-state index contributed by atoms with van der Waals surface area (Å²) in [4.78, 5) is 46.7. The van der Waals surface area contributed by atoms with Crippen molar-refractivity contribution in [1.29, 1.82) is 0 Å². The van der Waals surface area contributed by atoms with E-state index in [1.165, 1.54) is 0 Å². The molecule has 3 fully saturated rings. The highest BCUT2D eigenvalue weighted by Crippen LogP contribution is 2.59. The molecule has 3 amide bonds. The lowest BCUT2D eigenvalue weighted by Crippen LogP contribution is -2.56. The molecule has 1 N–H and O–H groups in total. The van der Waals surface area contributed by atoms with Gasteiger partial charge in [-0.1, -0.05) is 29.5 Å². The minimum atomic E-state index is -1.09. The number of aliphatic hydroxyl groups is 1. The summed E-state index contributed by atoms with van der Waals surface area (Å²) < 4.78 is 8.18. The smallest absolute Gasteiger partial charge is 0.250 e. The second-order valence-electron chi connectivity index (χ2n) is 10.6. The van der Waals surface area contributed by atoms with Gasteiger partial charge in [-0.05, 0) is 37.8 Å². The van der Waals surface area contributed by atoms with Gasteiger partial charge in [0.25, 0.3) is 0 Å². The van der Waals surface area contributed by atoms with E-state index < -0.39 is 29.6 Å². The van der Waals surface area contributed by atoms with Crippen LogP contribution in [0.3, 0.4) is 0 Å². The molecule has 2 unspecified atom stereocenters. The fourth-order valence-corrected chi connectivity index (χ4v) is 6.62. The van der Waals surface area contributed by atoms with E-state index in [2.05, 4.69) is 23.5 Å². The molecule has 1 aromatic carbocycles. The number of likely N-dealkylation sites (N-methyl/N-ethyl adjacent to an activating group) is 1. The summed E-state index contributed by atoms with van der Waals surface area (Å²) in [6, 6.07) is 6.61. The Labute approximate surface area is 227 Å². The van der Waals surface area contributed by atoms with Crippen LogP contribution in [0.15, 0.2) is 49.6 Å². The van der Waals surface area contributed by atoms with Gasteiger partial charge in [-0.15, -0.1) is 18.3 Å². The Bertz CT molecular complexity index is 1280. The van der Waals surface area contributed by atoms with Crippen LogP contribution in [0.1, 0.15) is 25.7 Å². The Morgan fingerprint density at radius 2 is 1.97 bits per heavy atom. The second kappa shape index (κ2) is 10.9. The predicted octanol–water partition coefficient (Wildman–Crippen LogP) is 1.19. The highest BCUT2D eigenvalue weighted by atomic mass is 16.5. The van der Waals surface area contributed by atoms with E-state index in [9.17, 15) is 19.5 Å². The number of likely N-dealkylation sites (tertiary alicyclic amines) is 1. The molecule has 5 rings (SSSR count). The van der Waals surface area contributed by atoms with Crippen LogP contribution in [0, 0.1) is 11.8 Å². The molecule has 11 nitrogen and oxygen atoms in total. The average molecular weight is 537 g/mol. The van der Waals surface area contributed by atoms with E-state index in [0.29, 0.717) is 44.3 Å². The van der Waals surface area contributed by atoms with Crippen LogP contribution in [0.5, 0.6) is 0 Å². The van der Waals surface area contributed by atoms with Crippen molar-refractivity contribution in [2.45, 2.75) is 50.1 Å². The first-order valence-corrected chi connectivity index (χ1v) is 13.5. The standard InChI is InChI=1S/C28H36N6O5/c1-4-14-31(3)25(36)22-21-12-13-28(39-21)23(22)26(37)33(16-8-9-17-35)24(28)27(38)32(15-5-2)18-34-20-11-7-6-10-19(20)29-30-34/h4-7,10-11,21-24,35H,1-2,8-9,12-18H2,3H3/t21-,22+,23-,24?,28?/m0/s1. The Morgan fingerprint density at radius 3 is 2.72 bits per heavy atom. The zero-order valence-corrected chi connectivity index (χ0v) is 22.3. The van der Waals surface area contributed by atoms with Crippen LogP contribution in [-0.4, -0.2) is 104 Å². The number of rotatable bonds is 12. The van der Waals surface area contributed by atoms with Gasteiger partial charge in [0.05, 0.1) is 23.5 Å². The van der Waals surface area contributed by atoms with E-state index in [0.717, 1.165) is 5.52 Å². The molecule has 0 saturated carbocycles. The van der Waals surface area contributed by atoms with Crippen molar-refractivity contribution in [2.75, 3.05) is 33.3 Å². The molecule has 11 heteroatoms. The van der Waals surface area contributed by atoms with Gasteiger partial charge >= 0.3 is 0 Å². The minimum absolute atomic E-state index is 0.0107. The first-order chi connectivity index (χ1) is 18.9. The third-order valence-electron chi connectivity index (χ3n) is 8.29. The number of benzene rings is 1. The molecule has 1 aromatic heterocycles. The van der Waals surface area contributed by atoms with Crippen LogP contribution >= 0.6 is 0 Å². The highest BCUT2D eigenvalue weighted by molar-refractivity contribution is 5.99. The van der Waals surface area contributed by atoms with Crippen LogP contribution in [0.2, 0.25) is 0 Å². The lowest BCUT2D eigenvalue weighted by Gasteiger charge is -2.36. The molecule has 3 saturated heterocycles. The van der Waals surface area contributed by atoms with Gasteiger partial charge in [0.1, 0.15) is 23.8 Å². The van der Waals surface area contributed by atoms with Gasteiger partial charge in [-0.2, -0.15) is 0 Å². The number of para-hydroxylation sites is 1. The number of aromatic nitrogens is 3. The summed E-state index contributed by atoms with van der Waals surface area (Å²) in [5.74, 6) is -2.07. The first kappa shape index (κ1) is 27.0. The van der Waals surface area contributed by atoms with Crippen molar-refractivity contribution in [2.24, 2.45) is 11.8 Å². The van der Waals surface area contributed by atoms with E-state index in [4.69, 9.17) is 4.74 Å². The number of hydrogen-bond donors (Lipinski definition) is 1. The van der Waals surface area contributed by atoms with Crippen molar-refractivity contribution in [1.82, 2.24) is 29.7 Å². The predicted molar refractivity (Wildman–Crippen MR) is 143 cm³/mol. The lowest BCUT2D eigenvalue weighted by atomic mass is 9.70. The number of nitrogens with zero attached hydrogens (tertiary/aromatic N) is 6. The van der Waals surface area contributed by atoms with Crippen LogP contribution in [0.4, 0.5) is 0 Å². The fourth-order valence-electron chi connectivity index (χ4n) is 6.62. The van der Waals surface area contributed by atoms with Crippen LogP contribution in [-0.2, 0) is 25.8 Å². The molecule has 39 heavy (non-hydrogen) atoms. The lowest BCUT2D eigenvalue weighted by molar-refractivity contribution is -0.149. The van der Waals surface area contributed by atoms with Crippen molar-refractivity contribution in [3.63, 3.8) is 0 Å². The monoisotopic (exact) mass is 536 g/mol. The largest absolute Gasteiger partial charge is 0.396 e. The second-order valence-corrected chi connectivity index (χ2v) is 10.6. The zero-order valence-electron chi connectivity index (χ0n) is 22.3. The number of fused-ring (bicyclic) bond motifs is 2. The van der Waals surface area contributed by atoms with E-state index in [1.807, 2.05) is 24.3 Å².